The molecule has 2 aromatic heterocycles. The van der Waals surface area contributed by atoms with Gasteiger partial charge in [0.2, 0.25) is 0 Å². The molecule has 3 aromatic rings. The number of nitrogens with zero attached hydrogens (tertiary/aromatic N) is 5. The van der Waals surface area contributed by atoms with Crippen molar-refractivity contribution in [3.05, 3.63) is 36.5 Å². The van der Waals surface area contributed by atoms with E-state index in [1.807, 2.05) is 24.3 Å². The van der Waals surface area contributed by atoms with Crippen LogP contribution < -0.4 is 0 Å². The van der Waals surface area contributed by atoms with E-state index in [0.29, 0.717) is 5.82 Å². The topological polar surface area (TPSA) is 93.8 Å². The highest BCUT2D eigenvalue weighted by Gasteiger charge is 2.34. The number of para-hydroxylation sites is 1. The summed E-state index contributed by atoms with van der Waals surface area (Å²) in [6.07, 6.45) is 1.66. The molecule has 21 heavy (non-hydrogen) atoms. The molecule has 0 radical (unpaired) electrons. The van der Waals surface area contributed by atoms with E-state index in [1.165, 1.54) is 4.68 Å². The van der Waals surface area contributed by atoms with Gasteiger partial charge in [-0.3, -0.25) is 4.98 Å². The number of benzene rings is 1. The lowest BCUT2D eigenvalue weighted by molar-refractivity contribution is -0.146. The average molecular weight is 283 g/mol. The van der Waals surface area contributed by atoms with E-state index in [4.69, 9.17) is 0 Å². The second kappa shape index (κ2) is 4.62. The van der Waals surface area contributed by atoms with Gasteiger partial charge in [0.25, 0.3) is 0 Å². The number of aromatic nitrogens is 5. The summed E-state index contributed by atoms with van der Waals surface area (Å²) in [7, 11) is 0. The van der Waals surface area contributed by atoms with Crippen LogP contribution in [0.25, 0.3) is 22.3 Å². The van der Waals surface area contributed by atoms with Gasteiger partial charge in [-0.05, 0) is 36.4 Å². The van der Waals surface area contributed by atoms with Crippen molar-refractivity contribution in [2.45, 2.75) is 19.4 Å². The maximum atomic E-state index is 11.4. The molecule has 0 atom stereocenters. The smallest absolute Gasteiger partial charge is 0.331 e. The number of aliphatic carboxylic acids is 1. The van der Waals surface area contributed by atoms with E-state index in [2.05, 4.69) is 20.5 Å². The van der Waals surface area contributed by atoms with E-state index < -0.39 is 11.5 Å². The lowest BCUT2D eigenvalue weighted by Gasteiger charge is -2.20. The molecule has 0 spiro atoms. The summed E-state index contributed by atoms with van der Waals surface area (Å²) in [6.45, 7) is 3.11. The standard InChI is InChI=1S/C14H13N5O2/c1-14(2,13(20)21)19-12(16-17-18-19)10-7-8-15-11-6-4-3-5-9(10)11/h3-8H,1-2H3,(H,20,21). The number of tetrazole rings is 1. The number of rotatable bonds is 3. The molecule has 0 aliphatic carbocycles. The molecule has 0 fully saturated rings. The average Bonchev–Trinajstić information content (AvgIpc) is 2.96. The maximum Gasteiger partial charge on any atom is 0.331 e. The highest BCUT2D eigenvalue weighted by molar-refractivity contribution is 5.92. The molecule has 7 nitrogen and oxygen atoms in total. The van der Waals surface area contributed by atoms with Crippen molar-refractivity contribution < 1.29 is 9.90 Å². The van der Waals surface area contributed by atoms with Crippen LogP contribution in [0.5, 0.6) is 0 Å². The Labute approximate surface area is 120 Å². The van der Waals surface area contributed by atoms with Gasteiger partial charge in [0.1, 0.15) is 0 Å². The SMILES string of the molecule is CC(C)(C(=O)O)n1nnnc1-c1ccnc2ccccc12. The Balaban J connectivity index is 2.26. The van der Waals surface area contributed by atoms with E-state index in [1.54, 1.807) is 26.1 Å². The Kier molecular flexibility index (Phi) is 2.90. The molecule has 0 saturated carbocycles. The lowest BCUT2D eigenvalue weighted by atomic mass is 10.0. The van der Waals surface area contributed by atoms with Gasteiger partial charge >= 0.3 is 5.97 Å². The first kappa shape index (κ1) is 13.2. The fourth-order valence-electron chi connectivity index (χ4n) is 2.11. The van der Waals surface area contributed by atoms with Crippen molar-refractivity contribution in [3.63, 3.8) is 0 Å². The minimum Gasteiger partial charge on any atom is -0.479 e. The van der Waals surface area contributed by atoms with E-state index in [0.717, 1.165) is 16.5 Å². The van der Waals surface area contributed by atoms with Crippen molar-refractivity contribution in [3.8, 4) is 11.4 Å². The quantitative estimate of drug-likeness (QED) is 0.786. The fourth-order valence-corrected chi connectivity index (χ4v) is 2.11. The number of hydrogen-bond donors (Lipinski definition) is 1. The zero-order valence-electron chi connectivity index (χ0n) is 11.6. The van der Waals surface area contributed by atoms with E-state index in [-0.39, 0.29) is 0 Å². The molecule has 0 aliphatic rings. The van der Waals surface area contributed by atoms with Gasteiger partial charge in [0.15, 0.2) is 11.4 Å². The Bertz CT molecular complexity index is 820. The molecule has 7 heteroatoms. The Morgan fingerprint density at radius 1 is 1.24 bits per heavy atom. The van der Waals surface area contributed by atoms with E-state index >= 15 is 0 Å². The highest BCUT2D eigenvalue weighted by Crippen LogP contribution is 2.28. The van der Waals surface area contributed by atoms with Crippen LogP contribution in [0, 0.1) is 0 Å². The van der Waals surface area contributed by atoms with Crippen molar-refractivity contribution in [2.24, 2.45) is 0 Å². The number of carboxylic acids is 1. The molecule has 106 valence electrons. The number of carboxylic acid groups (broad SMARTS) is 1. The summed E-state index contributed by atoms with van der Waals surface area (Å²) in [4.78, 5) is 15.7. The zero-order valence-corrected chi connectivity index (χ0v) is 11.6. The third kappa shape index (κ3) is 2.03. The van der Waals surface area contributed by atoms with Crippen molar-refractivity contribution >= 4 is 16.9 Å². The van der Waals surface area contributed by atoms with Crippen LogP contribution in [0.4, 0.5) is 0 Å². The Hall–Kier alpha value is -2.83. The van der Waals surface area contributed by atoms with E-state index in [9.17, 15) is 9.90 Å². The summed E-state index contributed by atoms with van der Waals surface area (Å²) in [5.74, 6) is -0.601. The normalized spacial score (nSPS) is 11.7. The molecule has 1 aromatic carbocycles. The Morgan fingerprint density at radius 2 is 2.00 bits per heavy atom. The summed E-state index contributed by atoms with van der Waals surface area (Å²) in [6, 6.07) is 9.36. The zero-order chi connectivity index (χ0) is 15.0. The van der Waals surface area contributed by atoms with Gasteiger partial charge in [-0.1, -0.05) is 18.2 Å². The molecular formula is C14H13N5O2. The first-order valence-electron chi connectivity index (χ1n) is 6.38. The molecule has 0 saturated heterocycles. The number of fused-ring (bicyclic) bond motifs is 1. The van der Waals surface area contributed by atoms with Gasteiger partial charge in [0, 0.05) is 17.1 Å². The molecule has 0 unspecified atom stereocenters. The first-order valence-corrected chi connectivity index (χ1v) is 6.38. The van der Waals surface area contributed by atoms with Crippen LogP contribution >= 0.6 is 0 Å². The van der Waals surface area contributed by atoms with Crippen LogP contribution in [0.2, 0.25) is 0 Å². The molecule has 0 aliphatic heterocycles. The molecule has 3 rings (SSSR count). The third-order valence-electron chi connectivity index (χ3n) is 3.41. The lowest BCUT2D eigenvalue weighted by Crippen LogP contribution is -2.37. The molecule has 2 heterocycles. The molecular weight excluding hydrogens is 270 g/mol. The predicted molar refractivity (Wildman–Crippen MR) is 75.5 cm³/mol. The van der Waals surface area contributed by atoms with Crippen molar-refractivity contribution in [1.29, 1.82) is 0 Å². The minimum absolute atomic E-state index is 0.404. The molecule has 0 bridgehead atoms. The second-order valence-electron chi connectivity index (χ2n) is 5.15. The maximum absolute atomic E-state index is 11.4. The van der Waals surface area contributed by atoms with Gasteiger partial charge in [-0.2, -0.15) is 0 Å². The van der Waals surface area contributed by atoms with Crippen LogP contribution in [0.1, 0.15) is 13.8 Å². The van der Waals surface area contributed by atoms with Gasteiger partial charge in [-0.15, -0.1) is 5.10 Å². The minimum atomic E-state index is -1.25. The van der Waals surface area contributed by atoms with Gasteiger partial charge in [-0.25, -0.2) is 9.48 Å². The van der Waals surface area contributed by atoms with Crippen LogP contribution in [0.15, 0.2) is 36.5 Å². The largest absolute Gasteiger partial charge is 0.479 e. The van der Waals surface area contributed by atoms with Crippen molar-refractivity contribution in [2.75, 3.05) is 0 Å². The highest BCUT2D eigenvalue weighted by atomic mass is 16.4. The second-order valence-corrected chi connectivity index (χ2v) is 5.15. The summed E-state index contributed by atoms with van der Waals surface area (Å²) in [5.41, 5.74) is 0.307. The summed E-state index contributed by atoms with van der Waals surface area (Å²) < 4.78 is 1.32. The van der Waals surface area contributed by atoms with Crippen molar-refractivity contribution in [1.82, 2.24) is 25.2 Å². The Morgan fingerprint density at radius 3 is 2.76 bits per heavy atom. The predicted octanol–water partition coefficient (Wildman–Crippen LogP) is 1.71. The number of pyridine rings is 1. The third-order valence-corrected chi connectivity index (χ3v) is 3.41. The van der Waals surface area contributed by atoms with Crippen LogP contribution in [-0.4, -0.2) is 36.3 Å². The number of hydrogen-bond acceptors (Lipinski definition) is 5. The number of carbonyl (C=O) groups is 1. The van der Waals surface area contributed by atoms with Crippen LogP contribution in [0.3, 0.4) is 0 Å². The summed E-state index contributed by atoms with van der Waals surface area (Å²) in [5, 5.41) is 21.7. The summed E-state index contributed by atoms with van der Waals surface area (Å²) >= 11 is 0. The van der Waals surface area contributed by atoms with Crippen LogP contribution in [-0.2, 0) is 10.3 Å². The fraction of sp³-hybridized carbons (Fsp3) is 0.214. The van der Waals surface area contributed by atoms with Gasteiger partial charge in [0.05, 0.1) is 5.52 Å². The monoisotopic (exact) mass is 283 g/mol. The van der Waals surface area contributed by atoms with Gasteiger partial charge < -0.3 is 5.11 Å². The molecule has 0 amide bonds. The molecule has 1 N–H and O–H groups in total. The first-order chi connectivity index (χ1) is 10.0.